The number of carbonyl (C=O) groups is 1. The number of phenols is 1. The number of hydrogen-bond donors (Lipinski definition) is 3. The summed E-state index contributed by atoms with van der Waals surface area (Å²) >= 11 is 0. The van der Waals surface area contributed by atoms with Crippen molar-refractivity contribution in [1.82, 2.24) is 0 Å². The SMILES string of the molecule is CCOc1ccc(N/C=C(/C#N)C(=O)Nc2ccc(O)cc2C)cc1OCC. The molecule has 0 radical (unpaired) electrons. The summed E-state index contributed by atoms with van der Waals surface area (Å²) in [7, 11) is 0. The zero-order chi connectivity index (χ0) is 20.5. The first-order valence-corrected chi connectivity index (χ1v) is 8.85. The number of nitriles is 1. The maximum atomic E-state index is 12.4. The minimum Gasteiger partial charge on any atom is -0.508 e. The maximum absolute atomic E-state index is 12.4. The zero-order valence-electron chi connectivity index (χ0n) is 16.1. The zero-order valence-corrected chi connectivity index (χ0v) is 16.1. The second-order valence-electron chi connectivity index (χ2n) is 5.80. The molecule has 28 heavy (non-hydrogen) atoms. The van der Waals surface area contributed by atoms with Crippen LogP contribution in [0, 0.1) is 18.3 Å². The molecule has 0 atom stereocenters. The third-order valence-electron chi connectivity index (χ3n) is 3.75. The summed E-state index contributed by atoms with van der Waals surface area (Å²) in [5.41, 5.74) is 1.75. The number of amides is 1. The van der Waals surface area contributed by atoms with Crippen molar-refractivity contribution in [2.45, 2.75) is 20.8 Å². The van der Waals surface area contributed by atoms with Gasteiger partial charge in [0, 0.05) is 23.6 Å². The van der Waals surface area contributed by atoms with Crippen LogP contribution in [0.1, 0.15) is 19.4 Å². The van der Waals surface area contributed by atoms with Crippen LogP contribution >= 0.6 is 0 Å². The molecule has 0 aliphatic carbocycles. The van der Waals surface area contributed by atoms with Crippen LogP contribution < -0.4 is 20.1 Å². The molecule has 0 saturated carbocycles. The van der Waals surface area contributed by atoms with Crippen LogP contribution in [0.5, 0.6) is 17.2 Å². The molecule has 0 aliphatic rings. The van der Waals surface area contributed by atoms with Crippen molar-refractivity contribution < 1.29 is 19.4 Å². The van der Waals surface area contributed by atoms with E-state index in [-0.39, 0.29) is 11.3 Å². The van der Waals surface area contributed by atoms with Crippen LogP contribution in [0.3, 0.4) is 0 Å². The van der Waals surface area contributed by atoms with Gasteiger partial charge in [-0.05, 0) is 56.7 Å². The van der Waals surface area contributed by atoms with E-state index in [0.29, 0.717) is 41.7 Å². The molecule has 0 spiro atoms. The van der Waals surface area contributed by atoms with Gasteiger partial charge in [0.05, 0.1) is 13.2 Å². The summed E-state index contributed by atoms with van der Waals surface area (Å²) in [6.07, 6.45) is 1.33. The predicted molar refractivity (Wildman–Crippen MR) is 108 cm³/mol. The number of phenolic OH excluding ortho intramolecular Hbond substituents is 1. The smallest absolute Gasteiger partial charge is 0.267 e. The molecule has 146 valence electrons. The molecular formula is C21H23N3O4. The van der Waals surface area contributed by atoms with Crippen LogP contribution in [0.4, 0.5) is 11.4 Å². The van der Waals surface area contributed by atoms with Gasteiger partial charge >= 0.3 is 0 Å². The number of benzene rings is 2. The van der Waals surface area contributed by atoms with E-state index in [2.05, 4.69) is 10.6 Å². The van der Waals surface area contributed by atoms with Crippen LogP contribution in [-0.4, -0.2) is 24.2 Å². The molecule has 0 fully saturated rings. The lowest BCUT2D eigenvalue weighted by Gasteiger charge is -2.12. The van der Waals surface area contributed by atoms with E-state index >= 15 is 0 Å². The van der Waals surface area contributed by atoms with E-state index in [0.717, 1.165) is 0 Å². The Balaban J connectivity index is 2.15. The Kier molecular flexibility index (Phi) is 7.28. The molecule has 0 heterocycles. The Bertz CT molecular complexity index is 916. The third-order valence-corrected chi connectivity index (χ3v) is 3.75. The standard InChI is InChI=1S/C21H23N3O4/c1-4-27-19-9-6-16(11-20(19)28-5-2)23-13-15(12-22)21(26)24-18-8-7-17(25)10-14(18)3/h6-11,13,23,25H,4-5H2,1-3H3,(H,24,26)/b15-13-. The number of rotatable bonds is 8. The van der Waals surface area contributed by atoms with E-state index in [1.54, 1.807) is 31.2 Å². The number of anilines is 2. The van der Waals surface area contributed by atoms with E-state index < -0.39 is 5.91 Å². The number of carbonyl (C=O) groups excluding carboxylic acids is 1. The van der Waals surface area contributed by atoms with Gasteiger partial charge in [-0.2, -0.15) is 5.26 Å². The fraction of sp³-hybridized carbons (Fsp3) is 0.238. The molecule has 7 heteroatoms. The maximum Gasteiger partial charge on any atom is 0.267 e. The lowest BCUT2D eigenvalue weighted by Crippen LogP contribution is -2.15. The normalized spacial score (nSPS) is 10.7. The van der Waals surface area contributed by atoms with Crippen molar-refractivity contribution in [2.75, 3.05) is 23.8 Å². The van der Waals surface area contributed by atoms with Crippen LogP contribution in [-0.2, 0) is 4.79 Å². The van der Waals surface area contributed by atoms with Gasteiger partial charge in [-0.3, -0.25) is 4.79 Å². The van der Waals surface area contributed by atoms with Crippen LogP contribution in [0.25, 0.3) is 0 Å². The van der Waals surface area contributed by atoms with Crippen molar-refractivity contribution in [1.29, 1.82) is 5.26 Å². The van der Waals surface area contributed by atoms with E-state index in [1.165, 1.54) is 18.3 Å². The van der Waals surface area contributed by atoms with Gasteiger partial charge in [0.25, 0.3) is 5.91 Å². The van der Waals surface area contributed by atoms with Gasteiger partial charge in [0.15, 0.2) is 11.5 Å². The average Bonchev–Trinajstić information content (AvgIpc) is 2.67. The minimum atomic E-state index is -0.556. The first-order chi connectivity index (χ1) is 13.5. The Hall–Kier alpha value is -3.66. The number of nitrogens with zero attached hydrogens (tertiary/aromatic N) is 1. The van der Waals surface area contributed by atoms with Crippen molar-refractivity contribution in [3.63, 3.8) is 0 Å². The highest BCUT2D eigenvalue weighted by Crippen LogP contribution is 2.30. The molecule has 0 saturated heterocycles. The van der Waals surface area contributed by atoms with Crippen molar-refractivity contribution >= 4 is 17.3 Å². The largest absolute Gasteiger partial charge is 0.508 e. The van der Waals surface area contributed by atoms with Crippen molar-refractivity contribution in [2.24, 2.45) is 0 Å². The minimum absolute atomic E-state index is 0.0979. The number of aryl methyl sites for hydroxylation is 1. The molecule has 3 N–H and O–H groups in total. The molecular weight excluding hydrogens is 358 g/mol. The molecule has 0 aliphatic heterocycles. The van der Waals surface area contributed by atoms with Gasteiger partial charge in [0.1, 0.15) is 17.4 Å². The second kappa shape index (κ2) is 9.88. The van der Waals surface area contributed by atoms with Gasteiger partial charge in [-0.1, -0.05) is 0 Å². The lowest BCUT2D eigenvalue weighted by molar-refractivity contribution is -0.112. The second-order valence-corrected chi connectivity index (χ2v) is 5.80. The molecule has 0 aromatic heterocycles. The van der Waals surface area contributed by atoms with Crippen LogP contribution in [0.15, 0.2) is 48.2 Å². The highest BCUT2D eigenvalue weighted by Gasteiger charge is 2.12. The third kappa shape index (κ3) is 5.42. The first-order valence-electron chi connectivity index (χ1n) is 8.85. The van der Waals surface area contributed by atoms with E-state index in [4.69, 9.17) is 9.47 Å². The molecule has 7 nitrogen and oxygen atoms in total. The Labute approximate surface area is 164 Å². The predicted octanol–water partition coefficient (Wildman–Crippen LogP) is 3.96. The monoisotopic (exact) mass is 381 g/mol. The summed E-state index contributed by atoms with van der Waals surface area (Å²) in [5, 5.41) is 24.4. The Morgan fingerprint density at radius 3 is 2.50 bits per heavy atom. The topological polar surface area (TPSA) is 104 Å². The quantitative estimate of drug-likeness (QED) is 0.363. The van der Waals surface area contributed by atoms with Crippen molar-refractivity contribution in [3.8, 4) is 23.3 Å². The lowest BCUT2D eigenvalue weighted by atomic mass is 10.2. The molecule has 2 aromatic rings. The fourth-order valence-corrected chi connectivity index (χ4v) is 2.42. The summed E-state index contributed by atoms with van der Waals surface area (Å²) in [5.74, 6) is 0.749. The number of nitrogens with one attached hydrogen (secondary N) is 2. The molecule has 1 amide bonds. The van der Waals surface area contributed by atoms with E-state index in [9.17, 15) is 15.2 Å². The fourth-order valence-electron chi connectivity index (χ4n) is 2.42. The molecule has 2 aromatic carbocycles. The summed E-state index contributed by atoms with van der Waals surface area (Å²) in [6.45, 7) is 6.51. The highest BCUT2D eigenvalue weighted by atomic mass is 16.5. The Morgan fingerprint density at radius 1 is 1.14 bits per heavy atom. The molecule has 0 bridgehead atoms. The van der Waals surface area contributed by atoms with Gasteiger partial charge in [-0.15, -0.1) is 0 Å². The van der Waals surface area contributed by atoms with Gasteiger partial charge in [0.2, 0.25) is 0 Å². The summed E-state index contributed by atoms with van der Waals surface area (Å²) in [4.78, 5) is 12.4. The Morgan fingerprint density at radius 2 is 1.86 bits per heavy atom. The molecule has 2 rings (SSSR count). The van der Waals surface area contributed by atoms with E-state index in [1.807, 2.05) is 19.9 Å². The van der Waals surface area contributed by atoms with Gasteiger partial charge in [-0.25, -0.2) is 0 Å². The summed E-state index contributed by atoms with van der Waals surface area (Å²) in [6, 6.07) is 11.7. The average molecular weight is 381 g/mol. The highest BCUT2D eigenvalue weighted by molar-refractivity contribution is 6.07. The molecule has 0 unspecified atom stereocenters. The number of hydrogen-bond acceptors (Lipinski definition) is 6. The van der Waals surface area contributed by atoms with Crippen LogP contribution in [0.2, 0.25) is 0 Å². The number of aromatic hydroxyl groups is 1. The summed E-state index contributed by atoms with van der Waals surface area (Å²) < 4.78 is 11.1. The van der Waals surface area contributed by atoms with Crippen molar-refractivity contribution in [3.05, 3.63) is 53.7 Å². The first kappa shape index (κ1) is 20.6. The number of ether oxygens (including phenoxy) is 2. The van der Waals surface area contributed by atoms with Gasteiger partial charge < -0.3 is 25.2 Å².